The lowest BCUT2D eigenvalue weighted by Gasteiger charge is -2.37. The molecule has 25 heavy (non-hydrogen) atoms. The summed E-state index contributed by atoms with van der Waals surface area (Å²) >= 11 is 0. The molecule has 2 amide bonds. The number of nitrogens with zero attached hydrogens (tertiary/aromatic N) is 1. The average molecular weight is 348 g/mol. The number of benzene rings is 1. The van der Waals surface area contributed by atoms with Gasteiger partial charge in [0.25, 0.3) is 5.91 Å². The number of amides is 2. The van der Waals surface area contributed by atoms with Gasteiger partial charge in [-0.3, -0.25) is 9.59 Å². The third-order valence-electron chi connectivity index (χ3n) is 4.62. The van der Waals surface area contributed by atoms with E-state index >= 15 is 0 Å². The molecular formula is C19H28N2O4. The molecule has 1 fully saturated rings. The van der Waals surface area contributed by atoms with E-state index in [1.807, 2.05) is 38.1 Å². The number of nitrogens with one attached hydrogen (secondary N) is 1. The number of carbonyl (C=O) groups excluding carboxylic acids is 2. The molecule has 6 heteroatoms. The smallest absolute Gasteiger partial charge is 0.260 e. The van der Waals surface area contributed by atoms with Gasteiger partial charge in [0.15, 0.2) is 6.61 Å². The largest absolute Gasteiger partial charge is 0.484 e. The van der Waals surface area contributed by atoms with Gasteiger partial charge in [-0.2, -0.15) is 0 Å². The van der Waals surface area contributed by atoms with Gasteiger partial charge in [-0.15, -0.1) is 0 Å². The van der Waals surface area contributed by atoms with Gasteiger partial charge in [-0.05, 0) is 38.3 Å². The van der Waals surface area contributed by atoms with Crippen molar-refractivity contribution < 1.29 is 19.1 Å². The zero-order valence-electron chi connectivity index (χ0n) is 15.3. The lowest BCUT2D eigenvalue weighted by molar-refractivity contribution is -0.140. The van der Waals surface area contributed by atoms with Gasteiger partial charge in [0.1, 0.15) is 5.75 Å². The summed E-state index contributed by atoms with van der Waals surface area (Å²) in [6.07, 6.45) is 1.61. The number of hydrogen-bond donors (Lipinski definition) is 1. The second-order valence-electron chi connectivity index (χ2n) is 6.51. The van der Waals surface area contributed by atoms with Crippen molar-refractivity contribution in [2.75, 3.05) is 33.4 Å². The molecule has 1 aromatic rings. The first-order chi connectivity index (χ1) is 12.0. The molecule has 1 heterocycles. The highest BCUT2D eigenvalue weighted by Gasteiger charge is 2.32. The van der Waals surface area contributed by atoms with Gasteiger partial charge in [0, 0.05) is 26.2 Å². The summed E-state index contributed by atoms with van der Waals surface area (Å²) in [5, 5.41) is 2.86. The van der Waals surface area contributed by atoms with Gasteiger partial charge in [0.05, 0.1) is 12.5 Å². The van der Waals surface area contributed by atoms with Gasteiger partial charge in [0.2, 0.25) is 5.91 Å². The molecule has 1 aliphatic rings. The topological polar surface area (TPSA) is 67.9 Å². The highest BCUT2D eigenvalue weighted by atomic mass is 16.5. The molecular weight excluding hydrogens is 320 g/mol. The Kier molecular flexibility index (Phi) is 7.25. The molecule has 1 aromatic carbocycles. The number of methoxy groups -OCH3 is 1. The number of likely N-dealkylation sites (tertiary alicyclic amines) is 1. The van der Waals surface area contributed by atoms with Crippen LogP contribution in [0, 0.1) is 12.8 Å². The molecule has 2 atom stereocenters. The number of carbonyl (C=O) groups is 2. The van der Waals surface area contributed by atoms with Crippen molar-refractivity contribution in [2.24, 2.45) is 5.92 Å². The van der Waals surface area contributed by atoms with E-state index in [-0.39, 0.29) is 30.4 Å². The Morgan fingerprint density at radius 1 is 1.28 bits per heavy atom. The van der Waals surface area contributed by atoms with Gasteiger partial charge < -0.3 is 19.7 Å². The van der Waals surface area contributed by atoms with Crippen molar-refractivity contribution in [1.82, 2.24) is 10.2 Å². The summed E-state index contributed by atoms with van der Waals surface area (Å²) in [6, 6.07) is 7.74. The van der Waals surface area contributed by atoms with Gasteiger partial charge in [-0.25, -0.2) is 0 Å². The number of aryl methyl sites for hydroxylation is 1. The normalized spacial score (nSPS) is 20.2. The Bertz CT molecular complexity index is 591. The van der Waals surface area contributed by atoms with E-state index in [0.29, 0.717) is 19.7 Å². The van der Waals surface area contributed by atoms with Crippen molar-refractivity contribution in [3.05, 3.63) is 29.8 Å². The minimum absolute atomic E-state index is 0.00674. The molecule has 138 valence electrons. The first kappa shape index (κ1) is 19.2. The van der Waals surface area contributed by atoms with Crippen LogP contribution in [0.2, 0.25) is 0 Å². The van der Waals surface area contributed by atoms with Crippen molar-refractivity contribution in [3.63, 3.8) is 0 Å². The van der Waals surface area contributed by atoms with Crippen LogP contribution in [-0.2, 0) is 14.3 Å². The van der Waals surface area contributed by atoms with Gasteiger partial charge >= 0.3 is 0 Å². The van der Waals surface area contributed by atoms with Crippen molar-refractivity contribution >= 4 is 11.8 Å². The van der Waals surface area contributed by atoms with Gasteiger partial charge in [-0.1, -0.05) is 18.2 Å². The number of ether oxygens (including phenoxy) is 2. The SMILES string of the molecule is COCCNC(=O)[C@@H]1CC[C@H](C)N(C(=O)COc2ccccc2C)C1. The number of hydrogen-bond acceptors (Lipinski definition) is 4. The van der Waals surface area contributed by atoms with Crippen LogP contribution in [0.1, 0.15) is 25.3 Å². The quantitative estimate of drug-likeness (QED) is 0.763. The van der Waals surface area contributed by atoms with Crippen LogP contribution in [0.4, 0.5) is 0 Å². The van der Waals surface area contributed by atoms with E-state index in [9.17, 15) is 9.59 Å². The minimum Gasteiger partial charge on any atom is -0.484 e. The molecule has 0 spiro atoms. The van der Waals surface area contributed by atoms with E-state index in [1.165, 1.54) is 0 Å². The lowest BCUT2D eigenvalue weighted by Crippen LogP contribution is -2.51. The summed E-state index contributed by atoms with van der Waals surface area (Å²) in [6.45, 7) is 5.38. The zero-order valence-corrected chi connectivity index (χ0v) is 15.3. The second kappa shape index (κ2) is 9.42. The Balaban J connectivity index is 1.89. The second-order valence-corrected chi connectivity index (χ2v) is 6.51. The molecule has 1 aliphatic heterocycles. The highest BCUT2D eigenvalue weighted by Crippen LogP contribution is 2.23. The standard InChI is InChI=1S/C19H28N2O4/c1-14-6-4-5-7-17(14)25-13-18(22)21-12-16(9-8-15(21)2)19(23)20-10-11-24-3/h4-7,15-16H,8-13H2,1-3H3,(H,20,23)/t15-,16+/m0/s1. The average Bonchev–Trinajstić information content (AvgIpc) is 2.61. The molecule has 1 N–H and O–H groups in total. The fourth-order valence-electron chi connectivity index (χ4n) is 3.03. The third-order valence-corrected chi connectivity index (χ3v) is 4.62. The van der Waals surface area contributed by atoms with E-state index in [0.717, 1.165) is 24.2 Å². The molecule has 0 aliphatic carbocycles. The molecule has 1 saturated heterocycles. The fourth-order valence-corrected chi connectivity index (χ4v) is 3.03. The maximum absolute atomic E-state index is 12.6. The molecule has 0 saturated carbocycles. The van der Waals surface area contributed by atoms with E-state index in [1.54, 1.807) is 12.0 Å². The van der Waals surface area contributed by atoms with Crippen LogP contribution in [0.3, 0.4) is 0 Å². The van der Waals surface area contributed by atoms with Crippen molar-refractivity contribution in [1.29, 1.82) is 0 Å². The van der Waals surface area contributed by atoms with Crippen LogP contribution in [-0.4, -0.2) is 56.2 Å². The van der Waals surface area contributed by atoms with Crippen LogP contribution < -0.4 is 10.1 Å². The van der Waals surface area contributed by atoms with Crippen LogP contribution >= 0.6 is 0 Å². The summed E-state index contributed by atoms with van der Waals surface area (Å²) in [5.74, 6) is 0.455. The zero-order chi connectivity index (χ0) is 18.2. The van der Waals surface area contributed by atoms with Crippen molar-refractivity contribution in [2.45, 2.75) is 32.7 Å². The number of piperidine rings is 1. The van der Waals surface area contributed by atoms with Crippen LogP contribution in [0.5, 0.6) is 5.75 Å². The number of rotatable bonds is 7. The summed E-state index contributed by atoms with van der Waals surface area (Å²) in [5.41, 5.74) is 0.998. The predicted octanol–water partition coefficient (Wildman–Crippen LogP) is 1.76. The molecule has 0 radical (unpaired) electrons. The Morgan fingerprint density at radius 3 is 2.76 bits per heavy atom. The summed E-state index contributed by atoms with van der Waals surface area (Å²) < 4.78 is 10.6. The van der Waals surface area contributed by atoms with E-state index in [4.69, 9.17) is 9.47 Å². The lowest BCUT2D eigenvalue weighted by atomic mass is 9.92. The molecule has 0 unspecified atom stereocenters. The highest BCUT2D eigenvalue weighted by molar-refractivity contribution is 5.82. The van der Waals surface area contributed by atoms with Crippen LogP contribution in [0.25, 0.3) is 0 Å². The van der Waals surface area contributed by atoms with Crippen LogP contribution in [0.15, 0.2) is 24.3 Å². The molecule has 0 aromatic heterocycles. The van der Waals surface area contributed by atoms with E-state index < -0.39 is 0 Å². The number of para-hydroxylation sites is 1. The fraction of sp³-hybridized carbons (Fsp3) is 0.579. The maximum atomic E-state index is 12.6. The maximum Gasteiger partial charge on any atom is 0.260 e. The Labute approximate surface area is 149 Å². The molecule has 0 bridgehead atoms. The summed E-state index contributed by atoms with van der Waals surface area (Å²) in [7, 11) is 1.60. The third kappa shape index (κ3) is 5.46. The molecule has 6 nitrogen and oxygen atoms in total. The summed E-state index contributed by atoms with van der Waals surface area (Å²) in [4.78, 5) is 26.6. The first-order valence-electron chi connectivity index (χ1n) is 8.77. The Morgan fingerprint density at radius 2 is 2.04 bits per heavy atom. The Hall–Kier alpha value is -2.08. The first-order valence-corrected chi connectivity index (χ1v) is 8.77. The monoisotopic (exact) mass is 348 g/mol. The predicted molar refractivity (Wildman–Crippen MR) is 95.5 cm³/mol. The van der Waals surface area contributed by atoms with E-state index in [2.05, 4.69) is 5.32 Å². The van der Waals surface area contributed by atoms with Crippen molar-refractivity contribution in [3.8, 4) is 5.75 Å². The minimum atomic E-state index is -0.171. The molecule has 2 rings (SSSR count).